The predicted octanol–water partition coefficient (Wildman–Crippen LogP) is 4.10. The van der Waals surface area contributed by atoms with E-state index in [0.717, 1.165) is 6.54 Å². The largest absolute Gasteiger partial charge is 0.381 e. The standard InChI is InChI=1S/C17H19N/c1-13-5-2-3-8-17(13)18-12-14-9-10-15-6-4-7-16(15)11-14/h2-3,5,8-11,18H,4,6-7,12H2,1H3. The van der Waals surface area contributed by atoms with Crippen LogP contribution < -0.4 is 5.32 Å². The fourth-order valence-corrected chi connectivity index (χ4v) is 2.70. The molecule has 0 aliphatic heterocycles. The Morgan fingerprint density at radius 2 is 1.83 bits per heavy atom. The normalized spacial score (nSPS) is 13.4. The lowest BCUT2D eigenvalue weighted by Gasteiger charge is -2.10. The zero-order chi connectivity index (χ0) is 12.4. The summed E-state index contributed by atoms with van der Waals surface area (Å²) in [7, 11) is 0. The van der Waals surface area contributed by atoms with Crippen LogP contribution in [-0.2, 0) is 19.4 Å². The van der Waals surface area contributed by atoms with Gasteiger partial charge in [0.1, 0.15) is 0 Å². The molecule has 2 aromatic carbocycles. The van der Waals surface area contributed by atoms with Crippen molar-refractivity contribution in [2.24, 2.45) is 0 Å². The molecule has 18 heavy (non-hydrogen) atoms. The van der Waals surface area contributed by atoms with E-state index in [0.29, 0.717) is 0 Å². The van der Waals surface area contributed by atoms with Gasteiger partial charge in [-0.3, -0.25) is 0 Å². The number of hydrogen-bond donors (Lipinski definition) is 1. The topological polar surface area (TPSA) is 12.0 Å². The summed E-state index contributed by atoms with van der Waals surface area (Å²) >= 11 is 0. The third kappa shape index (κ3) is 2.26. The number of rotatable bonds is 3. The van der Waals surface area contributed by atoms with Crippen molar-refractivity contribution in [1.82, 2.24) is 0 Å². The van der Waals surface area contributed by atoms with E-state index in [1.54, 1.807) is 11.1 Å². The number of aryl methyl sites for hydroxylation is 3. The average molecular weight is 237 g/mol. The molecular weight excluding hydrogens is 218 g/mol. The summed E-state index contributed by atoms with van der Waals surface area (Å²) in [5, 5.41) is 3.52. The van der Waals surface area contributed by atoms with Gasteiger partial charge in [0.05, 0.1) is 0 Å². The van der Waals surface area contributed by atoms with Gasteiger partial charge in [-0.2, -0.15) is 0 Å². The first-order chi connectivity index (χ1) is 8.83. The highest BCUT2D eigenvalue weighted by Gasteiger charge is 2.10. The van der Waals surface area contributed by atoms with Gasteiger partial charge in [0.25, 0.3) is 0 Å². The molecule has 2 aromatic rings. The minimum atomic E-state index is 0.915. The molecule has 0 heterocycles. The van der Waals surface area contributed by atoms with Crippen molar-refractivity contribution < 1.29 is 0 Å². The van der Waals surface area contributed by atoms with E-state index in [4.69, 9.17) is 0 Å². The fourth-order valence-electron chi connectivity index (χ4n) is 2.70. The molecule has 0 spiro atoms. The number of hydrogen-bond acceptors (Lipinski definition) is 1. The summed E-state index contributed by atoms with van der Waals surface area (Å²) in [6.07, 6.45) is 3.85. The summed E-state index contributed by atoms with van der Waals surface area (Å²) in [5.74, 6) is 0. The van der Waals surface area contributed by atoms with Gasteiger partial charge in [0, 0.05) is 12.2 Å². The molecule has 0 saturated carbocycles. The molecule has 0 radical (unpaired) electrons. The van der Waals surface area contributed by atoms with Crippen molar-refractivity contribution in [2.45, 2.75) is 32.7 Å². The van der Waals surface area contributed by atoms with Crippen LogP contribution in [0.15, 0.2) is 42.5 Å². The Labute approximate surface area is 109 Å². The monoisotopic (exact) mass is 237 g/mol. The molecule has 0 unspecified atom stereocenters. The number of para-hydroxylation sites is 1. The van der Waals surface area contributed by atoms with Gasteiger partial charge in [-0.1, -0.05) is 36.4 Å². The molecule has 0 atom stereocenters. The lowest BCUT2D eigenvalue weighted by molar-refractivity contribution is 0.911. The SMILES string of the molecule is Cc1ccccc1NCc1ccc2c(c1)CCC2. The van der Waals surface area contributed by atoms with E-state index in [1.165, 1.54) is 36.1 Å². The molecule has 0 amide bonds. The summed E-state index contributed by atoms with van der Waals surface area (Å²) in [4.78, 5) is 0. The third-order valence-electron chi connectivity index (χ3n) is 3.79. The van der Waals surface area contributed by atoms with Gasteiger partial charge in [0.2, 0.25) is 0 Å². The Morgan fingerprint density at radius 3 is 2.72 bits per heavy atom. The molecule has 1 aliphatic rings. The molecule has 1 heteroatoms. The van der Waals surface area contributed by atoms with Crippen LogP contribution in [0.1, 0.15) is 28.7 Å². The van der Waals surface area contributed by atoms with Crippen LogP contribution in [-0.4, -0.2) is 0 Å². The van der Waals surface area contributed by atoms with Gasteiger partial charge in [0.15, 0.2) is 0 Å². The van der Waals surface area contributed by atoms with Crippen LogP contribution in [0.2, 0.25) is 0 Å². The van der Waals surface area contributed by atoms with E-state index < -0.39 is 0 Å². The van der Waals surface area contributed by atoms with Crippen LogP contribution in [0.4, 0.5) is 5.69 Å². The average Bonchev–Trinajstić information content (AvgIpc) is 2.85. The highest BCUT2D eigenvalue weighted by molar-refractivity contribution is 5.50. The molecule has 1 aliphatic carbocycles. The van der Waals surface area contributed by atoms with Crippen molar-refractivity contribution in [3.8, 4) is 0 Å². The molecule has 0 fully saturated rings. The smallest absolute Gasteiger partial charge is 0.0400 e. The molecule has 0 saturated heterocycles. The quantitative estimate of drug-likeness (QED) is 0.847. The Morgan fingerprint density at radius 1 is 1.00 bits per heavy atom. The first-order valence-corrected chi connectivity index (χ1v) is 6.73. The minimum Gasteiger partial charge on any atom is -0.381 e. The maximum Gasteiger partial charge on any atom is 0.0400 e. The van der Waals surface area contributed by atoms with Crippen LogP contribution in [0.25, 0.3) is 0 Å². The first kappa shape index (κ1) is 11.3. The van der Waals surface area contributed by atoms with Crippen molar-refractivity contribution in [3.63, 3.8) is 0 Å². The maximum absolute atomic E-state index is 3.52. The zero-order valence-corrected chi connectivity index (χ0v) is 10.9. The summed E-state index contributed by atoms with van der Waals surface area (Å²) < 4.78 is 0. The Bertz CT molecular complexity index is 557. The zero-order valence-electron chi connectivity index (χ0n) is 10.9. The van der Waals surface area contributed by atoms with Crippen LogP contribution in [0, 0.1) is 6.92 Å². The molecule has 1 N–H and O–H groups in total. The van der Waals surface area contributed by atoms with Crippen molar-refractivity contribution in [3.05, 3.63) is 64.7 Å². The molecule has 0 bridgehead atoms. The minimum absolute atomic E-state index is 0.915. The van der Waals surface area contributed by atoms with Gasteiger partial charge in [-0.25, -0.2) is 0 Å². The van der Waals surface area contributed by atoms with Crippen LogP contribution in [0.5, 0.6) is 0 Å². The van der Waals surface area contributed by atoms with Crippen LogP contribution >= 0.6 is 0 Å². The fraction of sp³-hybridized carbons (Fsp3) is 0.294. The molecule has 0 aromatic heterocycles. The Hall–Kier alpha value is -1.76. The molecule has 92 valence electrons. The van der Waals surface area contributed by atoms with E-state index in [-0.39, 0.29) is 0 Å². The van der Waals surface area contributed by atoms with E-state index in [2.05, 4.69) is 54.7 Å². The lowest BCUT2D eigenvalue weighted by Crippen LogP contribution is -2.01. The van der Waals surface area contributed by atoms with Gasteiger partial charge in [-0.05, 0) is 54.5 Å². The molecule has 1 nitrogen and oxygen atoms in total. The second-order valence-electron chi connectivity index (χ2n) is 5.13. The van der Waals surface area contributed by atoms with E-state index in [9.17, 15) is 0 Å². The summed E-state index contributed by atoms with van der Waals surface area (Å²) in [5.41, 5.74) is 7.03. The van der Waals surface area contributed by atoms with Gasteiger partial charge < -0.3 is 5.32 Å². The first-order valence-electron chi connectivity index (χ1n) is 6.73. The van der Waals surface area contributed by atoms with E-state index >= 15 is 0 Å². The summed E-state index contributed by atoms with van der Waals surface area (Å²) in [6.45, 7) is 3.06. The van der Waals surface area contributed by atoms with Gasteiger partial charge in [-0.15, -0.1) is 0 Å². The predicted molar refractivity (Wildman–Crippen MR) is 77.0 cm³/mol. The maximum atomic E-state index is 3.52. The molecular formula is C17H19N. The summed E-state index contributed by atoms with van der Waals surface area (Å²) in [6, 6.07) is 15.4. The Kier molecular flexibility index (Phi) is 3.06. The third-order valence-corrected chi connectivity index (χ3v) is 3.79. The number of fused-ring (bicyclic) bond motifs is 1. The Balaban J connectivity index is 1.72. The van der Waals surface area contributed by atoms with Crippen LogP contribution in [0.3, 0.4) is 0 Å². The van der Waals surface area contributed by atoms with Crippen molar-refractivity contribution in [1.29, 1.82) is 0 Å². The number of anilines is 1. The van der Waals surface area contributed by atoms with Gasteiger partial charge >= 0.3 is 0 Å². The van der Waals surface area contributed by atoms with Crippen molar-refractivity contribution >= 4 is 5.69 Å². The lowest BCUT2D eigenvalue weighted by atomic mass is 10.1. The number of benzene rings is 2. The molecule has 3 rings (SSSR count). The van der Waals surface area contributed by atoms with Crippen molar-refractivity contribution in [2.75, 3.05) is 5.32 Å². The second-order valence-corrected chi connectivity index (χ2v) is 5.13. The number of nitrogens with one attached hydrogen (secondary N) is 1. The highest BCUT2D eigenvalue weighted by Crippen LogP contribution is 2.23. The second kappa shape index (κ2) is 4.85. The highest BCUT2D eigenvalue weighted by atomic mass is 14.9. The van der Waals surface area contributed by atoms with E-state index in [1.807, 2.05) is 0 Å².